The Hall–Kier alpha value is -1.11. The smallest absolute Gasteiger partial charge is 0.201 e. The third kappa shape index (κ3) is 1.41. The lowest BCUT2D eigenvalue weighted by atomic mass is 9.71. The Bertz CT molecular complexity index is 459. The van der Waals surface area contributed by atoms with E-state index >= 15 is 0 Å². The van der Waals surface area contributed by atoms with Crippen molar-refractivity contribution in [3.63, 3.8) is 0 Å². The minimum Gasteiger partial charge on any atom is -0.201 e. The fraction of sp³-hybridized carbons (Fsp3) is 0.533. The molecule has 0 spiro atoms. The molecule has 1 nitrogen and oxygen atoms in total. The maximum Gasteiger partial charge on any atom is 0.209 e. The monoisotopic (exact) mass is 216 g/mol. The van der Waals surface area contributed by atoms with Gasteiger partial charge in [0, 0.05) is 17.0 Å². The molecule has 2 rings (SSSR count). The zero-order valence-electron chi connectivity index (χ0n) is 11.3. The van der Waals surface area contributed by atoms with Crippen LogP contribution in [0.4, 0.5) is 5.69 Å². The molecule has 0 aliphatic carbocycles. The number of fused-ring (bicyclic) bond motifs is 1. The number of rotatable bonds is 0. The van der Waals surface area contributed by atoms with Gasteiger partial charge in [-0.2, -0.15) is 0 Å². The van der Waals surface area contributed by atoms with Crippen LogP contribution in [0, 0.1) is 5.41 Å². The fourth-order valence-electron chi connectivity index (χ4n) is 3.40. The van der Waals surface area contributed by atoms with Gasteiger partial charge in [-0.1, -0.05) is 39.0 Å². The quantitative estimate of drug-likeness (QED) is 0.581. The lowest BCUT2D eigenvalue weighted by molar-refractivity contribution is -0.407. The maximum atomic E-state index is 2.37. The largest absolute Gasteiger partial charge is 0.209 e. The number of benzene rings is 1. The highest BCUT2D eigenvalue weighted by atomic mass is 15.0. The Kier molecular flexibility index (Phi) is 2.27. The van der Waals surface area contributed by atoms with Crippen molar-refractivity contribution in [3.8, 4) is 0 Å². The zero-order valence-corrected chi connectivity index (χ0v) is 11.3. The highest BCUT2D eigenvalue weighted by Gasteiger charge is 2.49. The molecule has 0 N–H and O–H groups in total. The van der Waals surface area contributed by atoms with Crippen molar-refractivity contribution in [2.75, 3.05) is 7.05 Å². The first-order valence-electron chi connectivity index (χ1n) is 5.97. The first-order valence-corrected chi connectivity index (χ1v) is 5.97. The van der Waals surface area contributed by atoms with Crippen molar-refractivity contribution in [3.05, 3.63) is 29.8 Å². The normalized spacial score (nSPS) is 18.9. The summed E-state index contributed by atoms with van der Waals surface area (Å²) in [4.78, 5) is 0. The molecule has 0 bridgehead atoms. The Morgan fingerprint density at radius 1 is 1.06 bits per heavy atom. The van der Waals surface area contributed by atoms with Crippen LogP contribution in [-0.4, -0.2) is 17.3 Å². The molecule has 16 heavy (non-hydrogen) atoms. The highest BCUT2D eigenvalue weighted by molar-refractivity contribution is 5.98. The van der Waals surface area contributed by atoms with Gasteiger partial charge in [0.05, 0.1) is 5.41 Å². The summed E-state index contributed by atoms with van der Waals surface area (Å²) in [5, 5.41) is 0. The van der Waals surface area contributed by atoms with Gasteiger partial charge >= 0.3 is 0 Å². The Morgan fingerprint density at radius 2 is 1.62 bits per heavy atom. The zero-order chi connectivity index (χ0) is 12.1. The molecule has 0 atom stereocenters. The number of hydrogen-bond donors (Lipinski definition) is 0. The van der Waals surface area contributed by atoms with E-state index in [-0.39, 0.29) is 10.8 Å². The molecule has 1 aliphatic heterocycles. The molecule has 86 valence electrons. The van der Waals surface area contributed by atoms with E-state index < -0.39 is 0 Å². The average Bonchev–Trinajstić information content (AvgIpc) is 2.34. The van der Waals surface area contributed by atoms with Crippen molar-refractivity contribution >= 4 is 11.4 Å². The van der Waals surface area contributed by atoms with E-state index in [1.165, 1.54) is 17.0 Å². The van der Waals surface area contributed by atoms with Crippen LogP contribution in [-0.2, 0) is 5.41 Å². The predicted octanol–water partition coefficient (Wildman–Crippen LogP) is 3.74. The van der Waals surface area contributed by atoms with Gasteiger partial charge < -0.3 is 0 Å². The van der Waals surface area contributed by atoms with Crippen LogP contribution in [0.2, 0.25) is 0 Å². The van der Waals surface area contributed by atoms with Gasteiger partial charge in [0.1, 0.15) is 7.05 Å². The van der Waals surface area contributed by atoms with Gasteiger partial charge in [-0.3, -0.25) is 0 Å². The first kappa shape index (κ1) is 11.4. The van der Waals surface area contributed by atoms with Crippen molar-refractivity contribution in [1.29, 1.82) is 0 Å². The lowest BCUT2D eigenvalue weighted by Gasteiger charge is -2.26. The average molecular weight is 216 g/mol. The van der Waals surface area contributed by atoms with Crippen molar-refractivity contribution in [1.82, 2.24) is 0 Å². The van der Waals surface area contributed by atoms with Crippen LogP contribution >= 0.6 is 0 Å². The molecule has 1 aromatic carbocycles. The molecular weight excluding hydrogens is 194 g/mol. The third-order valence-corrected chi connectivity index (χ3v) is 3.58. The van der Waals surface area contributed by atoms with Gasteiger partial charge in [-0.05, 0) is 13.8 Å². The molecular formula is C15H22N+. The van der Waals surface area contributed by atoms with Gasteiger partial charge in [0.15, 0.2) is 5.71 Å². The van der Waals surface area contributed by atoms with Gasteiger partial charge in [-0.15, -0.1) is 0 Å². The van der Waals surface area contributed by atoms with E-state index in [1.54, 1.807) is 0 Å². The van der Waals surface area contributed by atoms with Gasteiger partial charge in [0.2, 0.25) is 5.69 Å². The van der Waals surface area contributed by atoms with Crippen LogP contribution in [0.5, 0.6) is 0 Å². The molecule has 0 fully saturated rings. The summed E-state index contributed by atoms with van der Waals surface area (Å²) >= 11 is 0. The predicted molar refractivity (Wildman–Crippen MR) is 69.8 cm³/mol. The first-order chi connectivity index (χ1) is 7.26. The van der Waals surface area contributed by atoms with Crippen LogP contribution in [0.15, 0.2) is 24.3 Å². The standard InChI is InChI=1S/C15H22N/c1-14(2,3)13-15(4,5)11-9-7-8-10-12(11)16(13)6/h7-10H,1-6H3/q+1. The second-order valence-electron chi connectivity index (χ2n) is 6.30. The Morgan fingerprint density at radius 3 is 2.12 bits per heavy atom. The van der Waals surface area contributed by atoms with Crippen molar-refractivity contribution in [2.24, 2.45) is 5.41 Å². The topological polar surface area (TPSA) is 3.01 Å². The lowest BCUT2D eigenvalue weighted by Crippen LogP contribution is -2.38. The molecule has 0 saturated heterocycles. The number of hydrogen-bond acceptors (Lipinski definition) is 0. The van der Waals surface area contributed by atoms with Crippen LogP contribution in [0.25, 0.3) is 0 Å². The van der Waals surface area contributed by atoms with Crippen LogP contribution < -0.4 is 0 Å². The number of nitrogens with zero attached hydrogens (tertiary/aromatic N) is 1. The van der Waals surface area contributed by atoms with E-state index in [0.717, 1.165) is 0 Å². The summed E-state index contributed by atoms with van der Waals surface area (Å²) in [5.74, 6) is 0. The molecule has 1 aliphatic rings. The van der Waals surface area contributed by atoms with Crippen LogP contribution in [0.1, 0.15) is 40.2 Å². The molecule has 1 aromatic rings. The second-order valence-corrected chi connectivity index (χ2v) is 6.30. The Balaban J connectivity index is 2.72. The summed E-state index contributed by atoms with van der Waals surface area (Å²) in [7, 11) is 2.19. The summed E-state index contributed by atoms with van der Waals surface area (Å²) < 4.78 is 2.37. The fourth-order valence-corrected chi connectivity index (χ4v) is 3.40. The summed E-state index contributed by atoms with van der Waals surface area (Å²) in [5.41, 5.74) is 4.65. The molecule has 0 aromatic heterocycles. The molecule has 0 saturated carbocycles. The van der Waals surface area contributed by atoms with Crippen LogP contribution in [0.3, 0.4) is 0 Å². The van der Waals surface area contributed by atoms with E-state index in [2.05, 4.69) is 70.5 Å². The minimum atomic E-state index is 0.142. The van der Waals surface area contributed by atoms with E-state index in [9.17, 15) is 0 Å². The highest BCUT2D eigenvalue weighted by Crippen LogP contribution is 2.43. The number of para-hydroxylation sites is 1. The molecule has 0 radical (unpaired) electrons. The molecule has 0 amide bonds. The van der Waals surface area contributed by atoms with Gasteiger partial charge in [-0.25, -0.2) is 4.58 Å². The van der Waals surface area contributed by atoms with E-state index in [0.29, 0.717) is 0 Å². The third-order valence-electron chi connectivity index (χ3n) is 3.58. The second kappa shape index (κ2) is 3.19. The summed E-state index contributed by atoms with van der Waals surface area (Å²) in [6, 6.07) is 8.73. The van der Waals surface area contributed by atoms with Gasteiger partial charge in [0.25, 0.3) is 0 Å². The minimum absolute atomic E-state index is 0.142. The molecule has 1 heteroatoms. The van der Waals surface area contributed by atoms with Crippen molar-refractivity contribution < 1.29 is 4.58 Å². The summed E-state index contributed by atoms with van der Waals surface area (Å²) in [6.45, 7) is 11.6. The SMILES string of the molecule is C[N+]1=C(C(C)(C)C)C(C)(C)c2ccccc21. The van der Waals surface area contributed by atoms with Crippen molar-refractivity contribution in [2.45, 2.75) is 40.0 Å². The molecule has 0 unspecified atom stereocenters. The van der Waals surface area contributed by atoms with E-state index in [4.69, 9.17) is 0 Å². The summed E-state index contributed by atoms with van der Waals surface area (Å²) in [6.07, 6.45) is 0. The Labute approximate surface area is 98.8 Å². The molecule has 1 heterocycles. The maximum absolute atomic E-state index is 2.37. The van der Waals surface area contributed by atoms with E-state index in [1.807, 2.05) is 0 Å².